The second kappa shape index (κ2) is 16.0. The van der Waals surface area contributed by atoms with Gasteiger partial charge in [-0.25, -0.2) is 8.78 Å². The van der Waals surface area contributed by atoms with Crippen LogP contribution in [-0.4, -0.2) is 18.9 Å². The van der Waals surface area contributed by atoms with Crippen LogP contribution >= 0.6 is 0 Å². The van der Waals surface area contributed by atoms with E-state index >= 15 is 0 Å². The fourth-order valence-corrected chi connectivity index (χ4v) is 1.03. The monoisotopic (exact) mass is 322 g/mol. The largest absolute Gasteiger partial charge is 0.522 e. The van der Waals surface area contributed by atoms with Gasteiger partial charge in [-0.15, -0.1) is 13.2 Å². The predicted octanol–water partition coefficient (Wildman–Crippen LogP) is 6.96. The summed E-state index contributed by atoms with van der Waals surface area (Å²) in [4.78, 5) is 0. The van der Waals surface area contributed by atoms with Crippen LogP contribution in [0.5, 0.6) is 0 Å². The quantitative estimate of drug-likeness (QED) is 0.363. The molecule has 0 N–H and O–H groups in total. The van der Waals surface area contributed by atoms with Gasteiger partial charge in [0.05, 0.1) is 6.61 Å². The Kier molecular flexibility index (Phi) is 19.5. The van der Waals surface area contributed by atoms with Gasteiger partial charge >= 0.3 is 6.36 Å². The number of rotatable bonds is 7. The fourth-order valence-electron chi connectivity index (χ4n) is 1.03. The Hall–Kier alpha value is -0.390. The van der Waals surface area contributed by atoms with Crippen LogP contribution in [0.3, 0.4) is 0 Å². The molecule has 0 aromatic heterocycles. The Morgan fingerprint density at radius 2 is 1.19 bits per heavy atom. The topological polar surface area (TPSA) is 9.23 Å². The van der Waals surface area contributed by atoms with Gasteiger partial charge in [0.2, 0.25) is 5.92 Å². The van der Waals surface area contributed by atoms with E-state index in [4.69, 9.17) is 0 Å². The molecule has 0 rings (SSSR count). The van der Waals surface area contributed by atoms with E-state index in [0.29, 0.717) is 12.8 Å². The van der Waals surface area contributed by atoms with Gasteiger partial charge in [0.1, 0.15) is 0 Å². The summed E-state index contributed by atoms with van der Waals surface area (Å²) < 4.78 is 61.1. The van der Waals surface area contributed by atoms with Gasteiger partial charge in [0, 0.05) is 6.42 Å². The molecule has 0 aliphatic rings. The first-order valence-corrected chi connectivity index (χ1v) is 7.62. The molecule has 0 heterocycles. The Bertz CT molecular complexity index is 187. The normalized spacial score (nSPS) is 11.1. The second-order valence-electron chi connectivity index (χ2n) is 4.88. The van der Waals surface area contributed by atoms with Crippen molar-refractivity contribution in [3.63, 3.8) is 0 Å². The van der Waals surface area contributed by atoms with Gasteiger partial charge in [-0.2, -0.15) is 0 Å². The first-order chi connectivity index (χ1) is 9.54. The first kappa shape index (κ1) is 25.6. The Morgan fingerprint density at radius 1 is 0.762 bits per heavy atom. The number of hydrogen-bond donors (Lipinski definition) is 0. The molecule has 0 atom stereocenters. The standard InChI is InChI=1S/C6H11F3O.C6H12F2.C3H8/c1-2-3-4-5-10-6(7,8)9;1-3-4-5-6(2,7)8;1-3-2/h2-5H2,1H3;3-5H2,1-2H3;3H2,1-2H3. The molecule has 0 radical (unpaired) electrons. The molecule has 0 amide bonds. The zero-order valence-electron chi connectivity index (χ0n) is 14.0. The fraction of sp³-hybridized carbons (Fsp3) is 1.00. The van der Waals surface area contributed by atoms with Crippen molar-refractivity contribution in [1.82, 2.24) is 0 Å². The summed E-state index contributed by atoms with van der Waals surface area (Å²) in [7, 11) is 0. The lowest BCUT2D eigenvalue weighted by Crippen LogP contribution is -2.13. The minimum Gasteiger partial charge on any atom is -0.292 e. The van der Waals surface area contributed by atoms with Crippen LogP contribution in [0.15, 0.2) is 0 Å². The van der Waals surface area contributed by atoms with Crippen molar-refractivity contribution < 1.29 is 26.7 Å². The van der Waals surface area contributed by atoms with Gasteiger partial charge in [0.15, 0.2) is 0 Å². The second-order valence-corrected chi connectivity index (χ2v) is 4.88. The maximum atomic E-state index is 11.9. The average Bonchev–Trinajstić information content (AvgIpc) is 2.32. The molecular weight excluding hydrogens is 291 g/mol. The van der Waals surface area contributed by atoms with Gasteiger partial charge in [-0.1, -0.05) is 53.4 Å². The lowest BCUT2D eigenvalue weighted by molar-refractivity contribution is -0.324. The molecule has 0 aromatic carbocycles. The molecule has 0 aliphatic heterocycles. The number of hydrogen-bond acceptors (Lipinski definition) is 1. The van der Waals surface area contributed by atoms with E-state index in [2.05, 4.69) is 18.6 Å². The summed E-state index contributed by atoms with van der Waals surface area (Å²) in [6.45, 7) is 8.83. The number of alkyl halides is 5. The summed E-state index contributed by atoms with van der Waals surface area (Å²) in [5.41, 5.74) is 0. The summed E-state index contributed by atoms with van der Waals surface area (Å²) in [5, 5.41) is 0. The molecule has 0 aliphatic carbocycles. The first-order valence-electron chi connectivity index (χ1n) is 7.62. The van der Waals surface area contributed by atoms with Crippen molar-refractivity contribution in [3.05, 3.63) is 0 Å². The molecule has 21 heavy (non-hydrogen) atoms. The lowest BCUT2D eigenvalue weighted by atomic mass is 10.2. The smallest absolute Gasteiger partial charge is 0.292 e. The molecule has 0 unspecified atom stereocenters. The zero-order valence-corrected chi connectivity index (χ0v) is 14.0. The van der Waals surface area contributed by atoms with Gasteiger partial charge in [0.25, 0.3) is 0 Å². The van der Waals surface area contributed by atoms with Crippen LogP contribution in [0.1, 0.15) is 79.6 Å². The maximum Gasteiger partial charge on any atom is 0.522 e. The van der Waals surface area contributed by atoms with Crippen LogP contribution in [0.4, 0.5) is 22.0 Å². The van der Waals surface area contributed by atoms with Crippen molar-refractivity contribution in [1.29, 1.82) is 0 Å². The highest BCUT2D eigenvalue weighted by Gasteiger charge is 2.28. The van der Waals surface area contributed by atoms with E-state index in [0.717, 1.165) is 26.2 Å². The van der Waals surface area contributed by atoms with Crippen molar-refractivity contribution in [2.75, 3.05) is 6.61 Å². The SMILES string of the molecule is CCC.CCCCC(C)(F)F.CCCCCOC(F)(F)F. The van der Waals surface area contributed by atoms with Crippen molar-refractivity contribution >= 4 is 0 Å². The van der Waals surface area contributed by atoms with E-state index in [1.807, 2.05) is 13.8 Å². The van der Waals surface area contributed by atoms with Gasteiger partial charge < -0.3 is 0 Å². The lowest BCUT2D eigenvalue weighted by Gasteiger charge is -2.06. The molecule has 1 nitrogen and oxygen atoms in total. The summed E-state index contributed by atoms with van der Waals surface area (Å²) in [6, 6.07) is 0. The summed E-state index contributed by atoms with van der Waals surface area (Å²) in [6.07, 6.45) is 0.484. The third kappa shape index (κ3) is 45.1. The maximum absolute atomic E-state index is 11.9. The summed E-state index contributed by atoms with van der Waals surface area (Å²) >= 11 is 0. The Balaban J connectivity index is -0.000000264. The Labute approximate surface area is 126 Å². The molecule has 0 saturated carbocycles. The number of halogens is 5. The van der Waals surface area contributed by atoms with Crippen LogP contribution in [0.2, 0.25) is 0 Å². The molecule has 132 valence electrons. The minimum atomic E-state index is -4.45. The predicted molar refractivity (Wildman–Crippen MR) is 77.6 cm³/mol. The van der Waals surface area contributed by atoms with E-state index in [1.54, 1.807) is 0 Å². The van der Waals surface area contributed by atoms with Crippen molar-refractivity contribution in [2.45, 2.75) is 91.8 Å². The van der Waals surface area contributed by atoms with E-state index in [9.17, 15) is 22.0 Å². The van der Waals surface area contributed by atoms with Crippen molar-refractivity contribution in [2.24, 2.45) is 0 Å². The van der Waals surface area contributed by atoms with E-state index in [-0.39, 0.29) is 13.0 Å². The van der Waals surface area contributed by atoms with E-state index < -0.39 is 12.3 Å². The van der Waals surface area contributed by atoms with E-state index in [1.165, 1.54) is 6.42 Å². The highest BCUT2D eigenvalue weighted by Crippen LogP contribution is 2.19. The molecule has 0 aromatic rings. The highest BCUT2D eigenvalue weighted by atomic mass is 19.4. The average molecular weight is 322 g/mol. The van der Waals surface area contributed by atoms with Crippen LogP contribution in [0, 0.1) is 0 Å². The summed E-state index contributed by atoms with van der Waals surface area (Å²) in [5.74, 6) is -2.45. The third-order valence-corrected chi connectivity index (χ3v) is 1.98. The molecular formula is C15H31F5O. The van der Waals surface area contributed by atoms with Crippen LogP contribution in [0.25, 0.3) is 0 Å². The number of unbranched alkanes of at least 4 members (excludes halogenated alkanes) is 3. The molecule has 0 fully saturated rings. The van der Waals surface area contributed by atoms with Crippen LogP contribution in [-0.2, 0) is 4.74 Å². The molecule has 0 spiro atoms. The molecule has 6 heteroatoms. The Morgan fingerprint density at radius 3 is 1.43 bits per heavy atom. The number of ether oxygens (including phenoxy) is 1. The van der Waals surface area contributed by atoms with Gasteiger partial charge in [-0.3, -0.25) is 4.74 Å². The van der Waals surface area contributed by atoms with Gasteiger partial charge in [-0.05, 0) is 19.8 Å². The minimum absolute atomic E-state index is 0.0312. The highest BCUT2D eigenvalue weighted by molar-refractivity contribution is 4.55. The third-order valence-electron chi connectivity index (χ3n) is 1.98. The molecule has 0 bridgehead atoms. The zero-order chi connectivity index (χ0) is 17.4. The van der Waals surface area contributed by atoms with Crippen molar-refractivity contribution in [3.8, 4) is 0 Å². The van der Waals surface area contributed by atoms with Crippen LogP contribution < -0.4 is 0 Å². The molecule has 0 saturated heterocycles.